The summed E-state index contributed by atoms with van der Waals surface area (Å²) in [5.74, 6) is -0.450. The third kappa shape index (κ3) is 12.3. The van der Waals surface area contributed by atoms with Crippen molar-refractivity contribution < 1.29 is 43.4 Å². The number of carbonyl (C=O) groups is 6. The lowest BCUT2D eigenvalue weighted by Gasteiger charge is -2.30. The Morgan fingerprint density at radius 1 is 0.783 bits per heavy atom. The van der Waals surface area contributed by atoms with Crippen LogP contribution in [0.2, 0.25) is 0 Å². The zero-order chi connectivity index (χ0) is 42.3. The third-order valence-electron chi connectivity index (χ3n) is 11.1. The Bertz CT molecular complexity index is 1950. The number of nitrogens with one attached hydrogen (secondary N) is 4. The summed E-state index contributed by atoms with van der Waals surface area (Å²) in [6, 6.07) is 23.6. The van der Waals surface area contributed by atoms with Crippen LogP contribution in [0.15, 0.2) is 78.9 Å². The zero-order valence-electron chi connectivity index (χ0n) is 33.8. The Labute approximate surface area is 354 Å². The lowest BCUT2D eigenvalue weighted by molar-refractivity contribution is -0.172. The summed E-state index contributed by atoms with van der Waals surface area (Å²) < 4.78 is 6.04. The number of rotatable bonds is 23. The number of aliphatic hydroxyl groups is 1. The highest BCUT2D eigenvalue weighted by Crippen LogP contribution is 2.37. The highest BCUT2D eigenvalue weighted by atomic mass is 32.2. The minimum atomic E-state index is -1.47. The van der Waals surface area contributed by atoms with Gasteiger partial charge in [-0.3, -0.25) is 19.2 Å². The summed E-state index contributed by atoms with van der Waals surface area (Å²) >= 11 is 1.89. The third-order valence-corrected chi connectivity index (χ3v) is 12.6. The number of imide groups is 1. The second-order valence-electron chi connectivity index (χ2n) is 15.5. The molecular formula is C45H55N5O9S. The lowest BCUT2D eigenvalue weighted by Crippen LogP contribution is -2.36. The predicted molar refractivity (Wildman–Crippen MR) is 226 cm³/mol. The van der Waals surface area contributed by atoms with Gasteiger partial charge in [-0.1, -0.05) is 67.4 Å². The number of hydrogen-bond acceptors (Lipinski definition) is 10. The first-order chi connectivity index (χ1) is 29.1. The van der Waals surface area contributed by atoms with Crippen LogP contribution < -0.4 is 26.0 Å². The molecule has 6 rings (SSSR count). The molecule has 0 aromatic heterocycles. The van der Waals surface area contributed by atoms with Gasteiger partial charge in [0.15, 0.2) is 0 Å². The van der Waals surface area contributed by atoms with E-state index < -0.39 is 23.4 Å². The largest absolute Gasteiger partial charge is 0.494 e. The number of ether oxygens (including phenoxy) is 1. The molecule has 0 saturated carbocycles. The topological polar surface area (TPSA) is 192 Å². The number of amides is 6. The van der Waals surface area contributed by atoms with E-state index in [-0.39, 0.29) is 48.3 Å². The summed E-state index contributed by atoms with van der Waals surface area (Å²) in [5, 5.41) is 25.1. The molecule has 4 atom stereocenters. The van der Waals surface area contributed by atoms with E-state index in [9.17, 15) is 33.9 Å². The molecule has 14 nitrogen and oxygen atoms in total. The van der Waals surface area contributed by atoms with Gasteiger partial charge in [-0.05, 0) is 85.9 Å². The van der Waals surface area contributed by atoms with Crippen molar-refractivity contribution in [2.24, 2.45) is 0 Å². The second-order valence-corrected chi connectivity index (χ2v) is 16.8. The number of hydroxylamine groups is 2. The molecule has 3 aromatic carbocycles. The van der Waals surface area contributed by atoms with Crippen molar-refractivity contribution in [2.75, 3.05) is 25.4 Å². The molecule has 60 heavy (non-hydrogen) atoms. The van der Waals surface area contributed by atoms with E-state index in [4.69, 9.17) is 9.57 Å². The van der Waals surface area contributed by atoms with Crippen LogP contribution in [0.25, 0.3) is 0 Å². The average molecular weight is 842 g/mol. The second kappa shape index (κ2) is 21.7. The van der Waals surface area contributed by atoms with Gasteiger partial charge in [0, 0.05) is 49.8 Å². The number of unbranched alkanes of at least 4 members (excludes halogenated alkanes) is 3. The lowest BCUT2D eigenvalue weighted by atomic mass is 9.81. The van der Waals surface area contributed by atoms with Crippen molar-refractivity contribution in [2.45, 2.75) is 106 Å². The van der Waals surface area contributed by atoms with Gasteiger partial charge in [-0.15, -0.1) is 5.06 Å². The molecule has 4 unspecified atom stereocenters. The number of carbonyl (C=O) groups excluding carboxylic acids is 6. The maximum absolute atomic E-state index is 12.8. The van der Waals surface area contributed by atoms with Crippen molar-refractivity contribution >= 4 is 47.4 Å². The van der Waals surface area contributed by atoms with Crippen molar-refractivity contribution in [1.29, 1.82) is 0 Å². The fraction of sp³-hybridized carbons (Fsp3) is 0.467. The first kappa shape index (κ1) is 44.2. The number of hydrogen-bond donors (Lipinski definition) is 5. The maximum Gasteiger partial charge on any atom is 0.363 e. The number of urea groups is 1. The molecule has 5 N–H and O–H groups in total. The molecule has 3 aromatic rings. The predicted octanol–water partition coefficient (Wildman–Crippen LogP) is 5.06. The van der Waals surface area contributed by atoms with E-state index in [0.29, 0.717) is 79.0 Å². The molecule has 15 heteroatoms. The van der Waals surface area contributed by atoms with Gasteiger partial charge in [0.05, 0.1) is 24.3 Å². The monoisotopic (exact) mass is 841 g/mol. The number of aryl methyl sites for hydroxylation is 1. The highest BCUT2D eigenvalue weighted by molar-refractivity contribution is 8.00. The standard InChI is InChI=1S/C45H55N5O9S/c51-38(16-5-2-8-26-46-39(52)17-7-6-15-37-42-36(30-60-37)48-44(56)49-42)47-27-10-28-58-35-14-9-13-34(29-35)45(57,25-24-31-11-3-1-4-12-31)33-20-18-32(19-21-33)43(55)59-50-40(53)22-23-41(50)54/h1,3-4,9,11-14,18-21,29,36-37,42,57H,2,5-8,10,15-17,22-28,30H2,(H,46,52)(H,47,51)(H2,48,49,56). The molecule has 3 saturated heterocycles. The summed E-state index contributed by atoms with van der Waals surface area (Å²) in [6.07, 6.45) is 7.53. The van der Waals surface area contributed by atoms with Gasteiger partial charge in [-0.2, -0.15) is 11.8 Å². The molecule has 0 aliphatic carbocycles. The number of nitrogens with zero attached hydrogens (tertiary/aromatic N) is 1. The van der Waals surface area contributed by atoms with Crippen LogP contribution in [0.1, 0.15) is 104 Å². The molecule has 3 aliphatic heterocycles. The zero-order valence-corrected chi connectivity index (χ0v) is 34.6. The molecule has 3 heterocycles. The fourth-order valence-electron chi connectivity index (χ4n) is 7.70. The normalized spacial score (nSPS) is 19.2. The Morgan fingerprint density at radius 2 is 1.48 bits per heavy atom. The van der Waals surface area contributed by atoms with Crippen molar-refractivity contribution in [3.63, 3.8) is 0 Å². The number of benzene rings is 3. The van der Waals surface area contributed by atoms with E-state index in [1.165, 1.54) is 12.1 Å². The number of thioether (sulfide) groups is 1. The molecule has 0 bridgehead atoms. The summed E-state index contributed by atoms with van der Waals surface area (Å²) in [4.78, 5) is 77.9. The van der Waals surface area contributed by atoms with Crippen LogP contribution in [-0.2, 0) is 36.0 Å². The van der Waals surface area contributed by atoms with Crippen molar-refractivity contribution in [1.82, 2.24) is 26.3 Å². The van der Waals surface area contributed by atoms with Crippen LogP contribution >= 0.6 is 11.8 Å². The fourth-order valence-corrected chi connectivity index (χ4v) is 9.24. The SMILES string of the molecule is O=C(CCCCC1SCC2NC(=O)NC21)NCCCCCC(=O)NCCCOc1cccc(C(O)(CCc2ccccc2)c2ccc(C(=O)ON3C(=O)CCC3=O)cc2)c1. The summed E-state index contributed by atoms with van der Waals surface area (Å²) in [6.45, 7) is 1.40. The van der Waals surface area contributed by atoms with Gasteiger partial charge in [-0.25, -0.2) is 9.59 Å². The van der Waals surface area contributed by atoms with Gasteiger partial charge >= 0.3 is 12.0 Å². The highest BCUT2D eigenvalue weighted by Gasteiger charge is 2.42. The average Bonchev–Trinajstić information content (AvgIpc) is 3.92. The molecule has 3 fully saturated rings. The van der Waals surface area contributed by atoms with Gasteiger partial charge in [0.2, 0.25) is 11.8 Å². The van der Waals surface area contributed by atoms with E-state index >= 15 is 0 Å². The molecule has 3 aliphatic rings. The van der Waals surface area contributed by atoms with Crippen molar-refractivity contribution in [3.8, 4) is 5.75 Å². The van der Waals surface area contributed by atoms with E-state index in [1.54, 1.807) is 18.2 Å². The first-order valence-corrected chi connectivity index (χ1v) is 22.0. The molecule has 0 spiro atoms. The van der Waals surface area contributed by atoms with E-state index in [0.717, 1.165) is 49.8 Å². The van der Waals surface area contributed by atoms with Crippen LogP contribution in [0.3, 0.4) is 0 Å². The van der Waals surface area contributed by atoms with Crippen LogP contribution in [0.5, 0.6) is 5.75 Å². The van der Waals surface area contributed by atoms with Crippen LogP contribution in [-0.4, -0.2) is 88.6 Å². The Kier molecular flexibility index (Phi) is 16.0. The van der Waals surface area contributed by atoms with Gasteiger partial charge in [0.25, 0.3) is 11.8 Å². The van der Waals surface area contributed by atoms with Gasteiger partial charge < -0.3 is 35.9 Å². The smallest absolute Gasteiger partial charge is 0.363 e. The molecular weight excluding hydrogens is 787 g/mol. The number of fused-ring (bicyclic) bond motifs is 1. The molecule has 320 valence electrons. The van der Waals surface area contributed by atoms with Gasteiger partial charge in [0.1, 0.15) is 11.4 Å². The Hall–Kier alpha value is -5.41. The minimum absolute atomic E-state index is 0.00291. The minimum Gasteiger partial charge on any atom is -0.494 e. The van der Waals surface area contributed by atoms with Crippen LogP contribution in [0.4, 0.5) is 4.79 Å². The Balaban J connectivity index is 0.880. The maximum atomic E-state index is 12.8. The Morgan fingerprint density at radius 3 is 2.22 bits per heavy atom. The van der Waals surface area contributed by atoms with E-state index in [1.807, 2.05) is 60.3 Å². The van der Waals surface area contributed by atoms with Crippen LogP contribution in [0, 0.1) is 0 Å². The first-order valence-electron chi connectivity index (χ1n) is 21.0. The quantitative estimate of drug-likeness (QED) is 0.0490. The van der Waals surface area contributed by atoms with E-state index in [2.05, 4.69) is 21.3 Å². The van der Waals surface area contributed by atoms with Crippen molar-refractivity contribution in [3.05, 3.63) is 101 Å². The summed E-state index contributed by atoms with van der Waals surface area (Å²) in [7, 11) is 0. The molecule has 6 amide bonds. The molecule has 0 radical (unpaired) electrons. The summed E-state index contributed by atoms with van der Waals surface area (Å²) in [5.41, 5.74) is 0.835.